The predicted octanol–water partition coefficient (Wildman–Crippen LogP) is 0.753. The van der Waals surface area contributed by atoms with Gasteiger partial charge in [-0.05, 0) is 18.6 Å². The van der Waals surface area contributed by atoms with Gasteiger partial charge in [-0.1, -0.05) is 23.2 Å². The average molecular weight is 327 g/mol. The third-order valence-electron chi connectivity index (χ3n) is 2.19. The van der Waals surface area contributed by atoms with Crippen LogP contribution in [-0.4, -0.2) is 32.6 Å². The van der Waals surface area contributed by atoms with Gasteiger partial charge in [-0.25, -0.2) is 13.6 Å². The van der Waals surface area contributed by atoms with E-state index in [-0.39, 0.29) is 33.7 Å². The fraction of sp³-hybridized carbons (Fsp3) is 0.300. The van der Waals surface area contributed by atoms with Crippen LogP contribution in [0.25, 0.3) is 0 Å². The van der Waals surface area contributed by atoms with Crippen LogP contribution < -0.4 is 10.5 Å². The highest BCUT2D eigenvalue weighted by Gasteiger charge is 2.19. The monoisotopic (exact) mass is 326 g/mol. The summed E-state index contributed by atoms with van der Waals surface area (Å²) in [6.45, 7) is 0.163. The van der Waals surface area contributed by atoms with Crippen LogP contribution in [0.15, 0.2) is 17.0 Å². The molecule has 0 aliphatic carbocycles. The minimum absolute atomic E-state index is 0.0129. The molecule has 1 aromatic carbocycles. The number of nitrogens with two attached hydrogens (primary N) is 1. The summed E-state index contributed by atoms with van der Waals surface area (Å²) in [5.41, 5.74) is -0.0481. The molecule has 19 heavy (non-hydrogen) atoms. The number of hydrogen-bond acceptors (Lipinski definition) is 4. The van der Waals surface area contributed by atoms with Gasteiger partial charge in [0.1, 0.15) is 4.90 Å². The van der Waals surface area contributed by atoms with E-state index >= 15 is 0 Å². The van der Waals surface area contributed by atoms with Crippen molar-refractivity contribution in [2.75, 3.05) is 13.2 Å². The van der Waals surface area contributed by atoms with E-state index in [0.717, 1.165) is 12.1 Å². The van der Waals surface area contributed by atoms with Crippen LogP contribution in [0.5, 0.6) is 0 Å². The number of hydrogen-bond donors (Lipinski definition) is 3. The SMILES string of the molecule is NS(=O)(=O)c1cc(C(=O)NCCCO)c(Cl)cc1Cl. The first-order valence-electron chi connectivity index (χ1n) is 5.18. The smallest absolute Gasteiger partial charge is 0.252 e. The highest BCUT2D eigenvalue weighted by molar-refractivity contribution is 7.89. The van der Waals surface area contributed by atoms with Gasteiger partial charge in [-0.15, -0.1) is 0 Å². The quantitative estimate of drug-likeness (QED) is 0.693. The summed E-state index contributed by atoms with van der Waals surface area (Å²) in [6, 6.07) is 2.16. The van der Waals surface area contributed by atoms with Gasteiger partial charge in [0.25, 0.3) is 5.91 Å². The fourth-order valence-corrected chi connectivity index (χ4v) is 2.70. The molecule has 1 rings (SSSR count). The van der Waals surface area contributed by atoms with E-state index in [1.165, 1.54) is 0 Å². The number of benzene rings is 1. The van der Waals surface area contributed by atoms with Crippen molar-refractivity contribution in [1.29, 1.82) is 0 Å². The number of amides is 1. The van der Waals surface area contributed by atoms with Crippen LogP contribution in [0.3, 0.4) is 0 Å². The summed E-state index contributed by atoms with van der Waals surface area (Å²) >= 11 is 11.5. The molecule has 0 fully saturated rings. The molecule has 0 aliphatic heterocycles. The zero-order valence-corrected chi connectivity index (χ0v) is 12.0. The molecule has 0 spiro atoms. The molecule has 106 valence electrons. The molecule has 4 N–H and O–H groups in total. The average Bonchev–Trinajstić information content (AvgIpc) is 2.27. The highest BCUT2D eigenvalue weighted by Crippen LogP contribution is 2.27. The van der Waals surface area contributed by atoms with E-state index in [1.54, 1.807) is 0 Å². The Balaban J connectivity index is 3.11. The van der Waals surface area contributed by atoms with E-state index in [0.29, 0.717) is 6.42 Å². The second-order valence-corrected chi connectivity index (χ2v) is 5.98. The van der Waals surface area contributed by atoms with Gasteiger partial charge in [0.05, 0.1) is 15.6 Å². The van der Waals surface area contributed by atoms with E-state index in [4.69, 9.17) is 33.4 Å². The number of aliphatic hydroxyl groups is 1. The van der Waals surface area contributed by atoms with Gasteiger partial charge in [-0.2, -0.15) is 0 Å². The predicted molar refractivity (Wildman–Crippen MR) is 71.9 cm³/mol. The molecule has 0 aliphatic rings. The molecule has 0 heterocycles. The lowest BCUT2D eigenvalue weighted by molar-refractivity contribution is 0.0951. The molecule has 1 amide bonds. The second kappa shape index (κ2) is 6.53. The molecule has 0 unspecified atom stereocenters. The van der Waals surface area contributed by atoms with Gasteiger partial charge in [0.15, 0.2) is 0 Å². The number of primary sulfonamides is 1. The van der Waals surface area contributed by atoms with Crippen LogP contribution in [-0.2, 0) is 10.0 Å². The molecule has 0 saturated heterocycles. The standard InChI is InChI=1S/C10H12Cl2N2O4S/c11-7-5-8(12)9(19(13,17)18)4-6(7)10(16)14-2-1-3-15/h4-5,15H,1-3H2,(H,14,16)(H2,13,17,18). The Kier molecular flexibility index (Phi) is 5.57. The highest BCUT2D eigenvalue weighted by atomic mass is 35.5. The molecule has 0 aromatic heterocycles. The van der Waals surface area contributed by atoms with Crippen molar-refractivity contribution in [3.8, 4) is 0 Å². The van der Waals surface area contributed by atoms with Crippen molar-refractivity contribution >= 4 is 39.1 Å². The van der Waals surface area contributed by atoms with E-state index in [2.05, 4.69) is 5.32 Å². The normalized spacial score (nSPS) is 11.4. The number of nitrogens with one attached hydrogen (secondary N) is 1. The number of rotatable bonds is 5. The summed E-state index contributed by atoms with van der Waals surface area (Å²) in [5.74, 6) is -0.569. The minimum atomic E-state index is -4.04. The Morgan fingerprint density at radius 3 is 2.47 bits per heavy atom. The fourth-order valence-electron chi connectivity index (χ4n) is 1.30. The third-order valence-corrected chi connectivity index (χ3v) is 3.88. The molecule has 9 heteroatoms. The summed E-state index contributed by atoms with van der Waals surface area (Å²) in [7, 11) is -4.04. The van der Waals surface area contributed by atoms with E-state index in [1.807, 2.05) is 0 Å². The summed E-state index contributed by atoms with van der Waals surface area (Å²) in [5, 5.41) is 15.9. The van der Waals surface area contributed by atoms with Gasteiger partial charge in [-0.3, -0.25) is 4.79 Å². The van der Waals surface area contributed by atoms with E-state index in [9.17, 15) is 13.2 Å². The Labute approximate surface area is 120 Å². The van der Waals surface area contributed by atoms with Crippen molar-refractivity contribution in [1.82, 2.24) is 5.32 Å². The molecule has 0 atom stereocenters. The second-order valence-electron chi connectivity index (χ2n) is 3.64. The zero-order valence-electron chi connectivity index (χ0n) is 9.69. The van der Waals surface area contributed by atoms with Gasteiger partial charge < -0.3 is 10.4 Å². The van der Waals surface area contributed by atoms with Crippen LogP contribution >= 0.6 is 23.2 Å². The van der Waals surface area contributed by atoms with E-state index < -0.39 is 15.9 Å². The lowest BCUT2D eigenvalue weighted by Gasteiger charge is -2.09. The molecule has 1 aromatic rings. The number of sulfonamides is 1. The number of aliphatic hydroxyl groups excluding tert-OH is 1. The maximum atomic E-state index is 11.8. The number of carbonyl (C=O) groups is 1. The van der Waals surface area contributed by atoms with Crippen molar-refractivity contribution in [3.05, 3.63) is 27.7 Å². The van der Waals surface area contributed by atoms with Gasteiger partial charge in [0, 0.05) is 13.2 Å². The minimum Gasteiger partial charge on any atom is -0.396 e. The molecule has 0 bridgehead atoms. The first kappa shape index (κ1) is 16.2. The van der Waals surface area contributed by atoms with Crippen molar-refractivity contribution < 1.29 is 18.3 Å². The lowest BCUT2D eigenvalue weighted by Crippen LogP contribution is -2.26. The maximum Gasteiger partial charge on any atom is 0.252 e. The Morgan fingerprint density at radius 1 is 1.32 bits per heavy atom. The van der Waals surface area contributed by atoms with Crippen molar-refractivity contribution in [3.63, 3.8) is 0 Å². The molecule has 6 nitrogen and oxygen atoms in total. The Hall–Kier alpha value is -0.860. The maximum absolute atomic E-state index is 11.8. The largest absolute Gasteiger partial charge is 0.396 e. The molecular formula is C10H12Cl2N2O4S. The summed E-state index contributed by atoms with van der Waals surface area (Å²) < 4.78 is 22.6. The van der Waals surface area contributed by atoms with Gasteiger partial charge >= 0.3 is 0 Å². The van der Waals surface area contributed by atoms with Crippen LogP contribution in [0.1, 0.15) is 16.8 Å². The number of carbonyl (C=O) groups excluding carboxylic acids is 1. The molecule has 0 radical (unpaired) electrons. The molecule has 0 saturated carbocycles. The van der Waals surface area contributed by atoms with Crippen LogP contribution in [0.4, 0.5) is 0 Å². The van der Waals surface area contributed by atoms with Crippen molar-refractivity contribution in [2.45, 2.75) is 11.3 Å². The zero-order chi connectivity index (χ0) is 14.6. The van der Waals surface area contributed by atoms with Gasteiger partial charge in [0.2, 0.25) is 10.0 Å². The summed E-state index contributed by atoms with van der Waals surface area (Å²) in [4.78, 5) is 11.4. The van der Waals surface area contributed by atoms with Crippen LogP contribution in [0, 0.1) is 0 Å². The topological polar surface area (TPSA) is 109 Å². The first-order chi connectivity index (χ1) is 8.77. The summed E-state index contributed by atoms with van der Waals surface area (Å²) in [6.07, 6.45) is 0.374. The van der Waals surface area contributed by atoms with Crippen molar-refractivity contribution in [2.24, 2.45) is 5.14 Å². The van der Waals surface area contributed by atoms with Crippen LogP contribution in [0.2, 0.25) is 10.0 Å². The Morgan fingerprint density at radius 2 is 1.95 bits per heavy atom. The molecular weight excluding hydrogens is 315 g/mol. The Bertz CT molecular complexity index is 589. The lowest BCUT2D eigenvalue weighted by atomic mass is 10.2. The number of halogens is 2. The third kappa shape index (κ3) is 4.32. The first-order valence-corrected chi connectivity index (χ1v) is 7.48.